The molecule has 0 fully saturated rings. The van der Waals surface area contributed by atoms with Gasteiger partial charge in [0.2, 0.25) is 5.82 Å². The lowest BCUT2D eigenvalue weighted by Crippen LogP contribution is -2.33. The van der Waals surface area contributed by atoms with Crippen LogP contribution in [0.3, 0.4) is 0 Å². The van der Waals surface area contributed by atoms with Crippen LogP contribution in [0.5, 0.6) is 5.75 Å². The highest BCUT2D eigenvalue weighted by Gasteiger charge is 2.20. The van der Waals surface area contributed by atoms with Crippen molar-refractivity contribution < 1.29 is 9.53 Å². The highest BCUT2D eigenvalue weighted by molar-refractivity contribution is 5.78. The summed E-state index contributed by atoms with van der Waals surface area (Å²) in [6.45, 7) is -0.0921. The number of hydrogen-bond donors (Lipinski definition) is 2. The Morgan fingerprint density at radius 1 is 1.09 bits per heavy atom. The molecule has 7 heteroatoms. The third-order valence-corrected chi connectivity index (χ3v) is 3.17. The van der Waals surface area contributed by atoms with Gasteiger partial charge in [-0.3, -0.25) is 4.79 Å². The highest BCUT2D eigenvalue weighted by Crippen LogP contribution is 2.17. The minimum Gasteiger partial charge on any atom is -0.484 e. The van der Waals surface area contributed by atoms with E-state index >= 15 is 0 Å². The fourth-order valence-corrected chi connectivity index (χ4v) is 2.10. The van der Waals surface area contributed by atoms with Crippen LogP contribution in [0.2, 0.25) is 0 Å². The molecular formula is C16H15N5O2. The van der Waals surface area contributed by atoms with E-state index in [9.17, 15) is 4.79 Å². The maximum Gasteiger partial charge on any atom is 0.258 e. The second kappa shape index (κ2) is 7.17. The van der Waals surface area contributed by atoms with E-state index in [0.717, 1.165) is 5.56 Å². The number of para-hydroxylation sites is 1. The Morgan fingerprint density at radius 2 is 1.78 bits per heavy atom. The second-order valence-corrected chi connectivity index (χ2v) is 4.78. The molecule has 0 saturated heterocycles. The number of carbonyl (C=O) groups is 1. The van der Waals surface area contributed by atoms with Crippen molar-refractivity contribution in [1.29, 1.82) is 0 Å². The van der Waals surface area contributed by atoms with Gasteiger partial charge < -0.3 is 10.1 Å². The van der Waals surface area contributed by atoms with Crippen molar-refractivity contribution >= 4 is 5.91 Å². The van der Waals surface area contributed by atoms with Crippen LogP contribution in [-0.2, 0) is 4.79 Å². The number of tetrazole rings is 1. The number of nitrogens with one attached hydrogen (secondary N) is 2. The van der Waals surface area contributed by atoms with Gasteiger partial charge in [0, 0.05) is 0 Å². The van der Waals surface area contributed by atoms with Crippen molar-refractivity contribution in [1.82, 2.24) is 25.9 Å². The number of ether oxygens (including phenoxy) is 1. The molecule has 0 aliphatic rings. The molecule has 0 aliphatic carbocycles. The Morgan fingerprint density at radius 3 is 2.43 bits per heavy atom. The van der Waals surface area contributed by atoms with Gasteiger partial charge in [0.15, 0.2) is 6.61 Å². The standard InChI is InChI=1S/C16H15N5O2/c22-14(11-23-13-9-5-2-6-10-13)17-15(16-18-20-21-19-16)12-7-3-1-4-8-12/h1-10,15H,11H2,(H,17,22)(H,18,19,20,21). The van der Waals surface area contributed by atoms with Crippen molar-refractivity contribution in [3.05, 3.63) is 72.1 Å². The van der Waals surface area contributed by atoms with Gasteiger partial charge in [0.1, 0.15) is 11.8 Å². The van der Waals surface area contributed by atoms with Crippen LogP contribution < -0.4 is 10.1 Å². The maximum absolute atomic E-state index is 12.2. The molecule has 2 N–H and O–H groups in total. The highest BCUT2D eigenvalue weighted by atomic mass is 16.5. The number of amides is 1. The Labute approximate surface area is 132 Å². The number of rotatable bonds is 6. The summed E-state index contributed by atoms with van der Waals surface area (Å²) in [4.78, 5) is 12.2. The number of nitrogens with zero attached hydrogens (tertiary/aromatic N) is 3. The van der Waals surface area contributed by atoms with Gasteiger partial charge in [0.25, 0.3) is 5.91 Å². The predicted molar refractivity (Wildman–Crippen MR) is 82.5 cm³/mol. The quantitative estimate of drug-likeness (QED) is 0.719. The first kappa shape index (κ1) is 14.7. The van der Waals surface area contributed by atoms with E-state index in [1.54, 1.807) is 12.1 Å². The van der Waals surface area contributed by atoms with Crippen molar-refractivity contribution in [2.24, 2.45) is 0 Å². The van der Waals surface area contributed by atoms with Crippen molar-refractivity contribution in [2.75, 3.05) is 6.61 Å². The summed E-state index contributed by atoms with van der Waals surface area (Å²) in [5.41, 5.74) is 0.863. The molecule has 3 aromatic rings. The molecule has 0 bridgehead atoms. The van der Waals surface area contributed by atoms with E-state index in [-0.39, 0.29) is 12.5 Å². The van der Waals surface area contributed by atoms with Crippen LogP contribution in [-0.4, -0.2) is 33.1 Å². The summed E-state index contributed by atoms with van der Waals surface area (Å²) < 4.78 is 5.45. The summed E-state index contributed by atoms with van der Waals surface area (Å²) in [6.07, 6.45) is 0. The number of benzene rings is 2. The van der Waals surface area contributed by atoms with Crippen LogP contribution in [0, 0.1) is 0 Å². The molecule has 0 spiro atoms. The van der Waals surface area contributed by atoms with Gasteiger partial charge in [-0.25, -0.2) is 0 Å². The Bertz CT molecular complexity index is 732. The molecular weight excluding hydrogens is 294 g/mol. The van der Waals surface area contributed by atoms with Gasteiger partial charge in [-0.1, -0.05) is 53.7 Å². The Kier molecular flexibility index (Phi) is 4.58. The summed E-state index contributed by atoms with van der Waals surface area (Å²) in [7, 11) is 0. The van der Waals surface area contributed by atoms with E-state index in [0.29, 0.717) is 11.6 Å². The molecule has 1 aromatic heterocycles. The van der Waals surface area contributed by atoms with Crippen LogP contribution in [0.15, 0.2) is 60.7 Å². The molecule has 0 saturated carbocycles. The Balaban J connectivity index is 1.68. The number of hydrogen-bond acceptors (Lipinski definition) is 5. The lowest BCUT2D eigenvalue weighted by Gasteiger charge is -2.16. The van der Waals surface area contributed by atoms with Crippen molar-refractivity contribution in [3.8, 4) is 5.75 Å². The first-order valence-electron chi connectivity index (χ1n) is 7.08. The smallest absolute Gasteiger partial charge is 0.258 e. The second-order valence-electron chi connectivity index (χ2n) is 4.78. The SMILES string of the molecule is O=C(COc1ccccc1)NC(c1ccccc1)c1nn[nH]n1. The molecule has 23 heavy (non-hydrogen) atoms. The summed E-state index contributed by atoms with van der Waals surface area (Å²) in [6, 6.07) is 18.1. The van der Waals surface area contributed by atoms with Gasteiger partial charge >= 0.3 is 0 Å². The predicted octanol–water partition coefficient (Wildman–Crippen LogP) is 1.48. The molecule has 0 radical (unpaired) electrons. The lowest BCUT2D eigenvalue weighted by molar-refractivity contribution is -0.123. The zero-order chi connectivity index (χ0) is 15.9. The van der Waals surface area contributed by atoms with E-state index < -0.39 is 6.04 Å². The number of H-pyrrole nitrogens is 1. The Hall–Kier alpha value is -3.22. The first-order valence-corrected chi connectivity index (χ1v) is 7.08. The molecule has 7 nitrogen and oxygen atoms in total. The molecule has 1 amide bonds. The fraction of sp³-hybridized carbons (Fsp3) is 0.125. The summed E-state index contributed by atoms with van der Waals surface area (Å²) in [5.74, 6) is 0.759. The molecule has 3 rings (SSSR count). The molecule has 1 unspecified atom stereocenters. The molecule has 1 atom stereocenters. The van der Waals surface area contributed by atoms with Crippen LogP contribution in [0.25, 0.3) is 0 Å². The summed E-state index contributed by atoms with van der Waals surface area (Å²) >= 11 is 0. The normalized spacial score (nSPS) is 11.7. The zero-order valence-electron chi connectivity index (χ0n) is 12.2. The first-order chi connectivity index (χ1) is 11.3. The van der Waals surface area contributed by atoms with E-state index in [1.165, 1.54) is 0 Å². The number of carbonyl (C=O) groups excluding carboxylic acids is 1. The molecule has 1 heterocycles. The molecule has 2 aromatic carbocycles. The zero-order valence-corrected chi connectivity index (χ0v) is 12.2. The topological polar surface area (TPSA) is 92.8 Å². The average Bonchev–Trinajstić information content (AvgIpc) is 3.14. The van der Waals surface area contributed by atoms with Gasteiger partial charge in [-0.05, 0) is 17.7 Å². The maximum atomic E-state index is 12.2. The lowest BCUT2D eigenvalue weighted by atomic mass is 10.1. The number of aromatic nitrogens is 4. The van der Waals surface area contributed by atoms with Crippen molar-refractivity contribution in [3.63, 3.8) is 0 Å². The minimum absolute atomic E-state index is 0.0921. The van der Waals surface area contributed by atoms with E-state index in [1.807, 2.05) is 48.5 Å². The van der Waals surface area contributed by atoms with Gasteiger partial charge in [0.05, 0.1) is 0 Å². The van der Waals surface area contributed by atoms with Crippen LogP contribution in [0.1, 0.15) is 17.4 Å². The summed E-state index contributed by atoms with van der Waals surface area (Å²) in [5, 5.41) is 16.7. The van der Waals surface area contributed by atoms with Crippen LogP contribution in [0.4, 0.5) is 0 Å². The molecule has 116 valence electrons. The largest absolute Gasteiger partial charge is 0.484 e. The minimum atomic E-state index is -0.484. The van der Waals surface area contributed by atoms with Gasteiger partial charge in [-0.15, -0.1) is 10.2 Å². The monoisotopic (exact) mass is 309 g/mol. The third kappa shape index (κ3) is 3.91. The third-order valence-electron chi connectivity index (χ3n) is 3.17. The van der Waals surface area contributed by atoms with Crippen LogP contribution >= 0.6 is 0 Å². The molecule has 0 aliphatic heterocycles. The van der Waals surface area contributed by atoms with Gasteiger partial charge in [-0.2, -0.15) is 5.21 Å². The fourth-order valence-electron chi connectivity index (χ4n) is 2.10. The van der Waals surface area contributed by atoms with E-state index in [2.05, 4.69) is 25.9 Å². The van der Waals surface area contributed by atoms with Crippen molar-refractivity contribution in [2.45, 2.75) is 6.04 Å². The van der Waals surface area contributed by atoms with E-state index in [4.69, 9.17) is 4.74 Å². The average molecular weight is 309 g/mol. The number of aromatic amines is 1.